The first kappa shape index (κ1) is 52.8. The predicted octanol–water partition coefficient (Wildman–Crippen LogP) is 6.60. The third-order valence-corrected chi connectivity index (χ3v) is 10.9. The Balaban J connectivity index is 1.28. The van der Waals surface area contributed by atoms with Gasteiger partial charge in [0.15, 0.2) is 12.4 Å². The SMILES string of the molecule is CCCCC[C@@H](C(=O)NCNC(=O)c1ccc(-c2ccc(C(=O)N[C@@H](CC(C)=O)C(=O)OCc3ccccc3)c(OCC(=O)OCc3ccccc3)c2)o1)[C@@H](CC)N(C=O)OC(=O)c1ccncc1C. The lowest BCUT2D eigenvalue weighted by Gasteiger charge is -2.32. The number of amides is 4. The number of esters is 2. The minimum absolute atomic E-state index is 0.0306. The number of aryl methyl sites for hydroxylation is 1. The van der Waals surface area contributed by atoms with E-state index in [0.29, 0.717) is 35.9 Å². The van der Waals surface area contributed by atoms with Crippen LogP contribution in [-0.2, 0) is 51.5 Å². The third kappa shape index (κ3) is 15.7. The Morgan fingerprint density at radius 1 is 0.800 bits per heavy atom. The van der Waals surface area contributed by atoms with Crippen LogP contribution in [0, 0.1) is 12.8 Å². The Hall–Kier alpha value is -8.15. The average molecular weight is 960 g/mol. The van der Waals surface area contributed by atoms with E-state index in [4.69, 9.17) is 23.5 Å². The Kier molecular flexibility index (Phi) is 20.4. The van der Waals surface area contributed by atoms with E-state index in [9.17, 15) is 38.4 Å². The molecule has 0 radical (unpaired) electrons. The zero-order valence-corrected chi connectivity index (χ0v) is 39.5. The number of hydrogen-bond donors (Lipinski definition) is 3. The maximum absolute atomic E-state index is 13.8. The van der Waals surface area contributed by atoms with Crippen LogP contribution in [0.4, 0.5) is 0 Å². The fourth-order valence-electron chi connectivity index (χ4n) is 7.26. The van der Waals surface area contributed by atoms with Gasteiger partial charge in [0.25, 0.3) is 11.8 Å². The van der Waals surface area contributed by atoms with Crippen LogP contribution in [0.15, 0.2) is 114 Å². The standard InChI is InChI=1S/C52H57N5O13/c1-5-7-10-19-40(43(6-2)57(33-58)70-51(64)39-24-25-53-28-34(39)3)48(61)54-32-55-50(63)45-23-22-44(69-45)38-20-21-41(46(27-38)66-31-47(60)67-29-36-15-11-8-12-16-36)49(62)56-42(26-35(4)59)52(65)68-30-37-17-13-9-14-18-37/h8-9,11-18,20-25,27-28,33,40,42-43H,5-7,10,19,26,29-32H2,1-4H3,(H,54,61)(H,55,63)(H,56,62)/t40-,42+,43-/m1/s1. The van der Waals surface area contributed by atoms with Crippen LogP contribution in [0.2, 0.25) is 0 Å². The number of unbranched alkanes of at least 4 members (excludes halogenated alkanes) is 2. The van der Waals surface area contributed by atoms with E-state index in [0.717, 1.165) is 23.5 Å². The highest BCUT2D eigenvalue weighted by Gasteiger charge is 2.34. The van der Waals surface area contributed by atoms with Gasteiger partial charge in [0, 0.05) is 24.4 Å². The molecule has 0 aliphatic rings. The maximum Gasteiger partial charge on any atom is 0.363 e. The third-order valence-electron chi connectivity index (χ3n) is 10.9. The van der Waals surface area contributed by atoms with E-state index in [1.807, 2.05) is 13.0 Å². The van der Waals surface area contributed by atoms with Crippen LogP contribution in [0.3, 0.4) is 0 Å². The lowest BCUT2D eigenvalue weighted by atomic mass is 9.90. The predicted molar refractivity (Wildman–Crippen MR) is 253 cm³/mol. The summed E-state index contributed by atoms with van der Waals surface area (Å²) in [7, 11) is 0. The second kappa shape index (κ2) is 27.0. The van der Waals surface area contributed by atoms with Crippen LogP contribution in [0.5, 0.6) is 5.75 Å². The molecule has 0 saturated carbocycles. The van der Waals surface area contributed by atoms with Gasteiger partial charge in [-0.15, -0.1) is 0 Å². The molecule has 0 bridgehead atoms. The quantitative estimate of drug-likeness (QED) is 0.0165. The van der Waals surface area contributed by atoms with Crippen LogP contribution in [-0.4, -0.2) is 83.2 Å². The van der Waals surface area contributed by atoms with E-state index < -0.39 is 60.2 Å². The van der Waals surface area contributed by atoms with Crippen molar-refractivity contribution in [3.8, 4) is 17.1 Å². The van der Waals surface area contributed by atoms with E-state index >= 15 is 0 Å². The van der Waals surface area contributed by atoms with Crippen molar-refractivity contribution in [2.45, 2.75) is 91.5 Å². The summed E-state index contributed by atoms with van der Waals surface area (Å²) in [6.07, 6.45) is 5.91. The molecule has 2 aromatic heterocycles. The molecule has 3 atom stereocenters. The first-order valence-corrected chi connectivity index (χ1v) is 22.8. The summed E-state index contributed by atoms with van der Waals surface area (Å²) in [5, 5.41) is 8.72. The lowest BCUT2D eigenvalue weighted by molar-refractivity contribution is -0.171. The zero-order valence-electron chi connectivity index (χ0n) is 39.5. The number of carbonyl (C=O) groups excluding carboxylic acids is 8. The molecule has 3 N–H and O–H groups in total. The van der Waals surface area contributed by atoms with Gasteiger partial charge in [0.1, 0.15) is 36.5 Å². The number of ether oxygens (including phenoxy) is 3. The number of pyridine rings is 1. The molecule has 5 aromatic rings. The number of ketones is 1. The largest absolute Gasteiger partial charge is 0.481 e. The Bertz CT molecular complexity index is 2580. The second-order valence-corrected chi connectivity index (χ2v) is 16.2. The highest BCUT2D eigenvalue weighted by atomic mass is 16.7. The van der Waals surface area contributed by atoms with Crippen LogP contribution in [0.25, 0.3) is 11.3 Å². The first-order valence-electron chi connectivity index (χ1n) is 22.8. The molecule has 70 heavy (non-hydrogen) atoms. The molecule has 0 saturated heterocycles. The monoisotopic (exact) mass is 959 g/mol. The lowest BCUT2D eigenvalue weighted by Crippen LogP contribution is -2.49. The van der Waals surface area contributed by atoms with Crippen molar-refractivity contribution >= 4 is 47.8 Å². The summed E-state index contributed by atoms with van der Waals surface area (Å²) in [6.45, 7) is 5.66. The molecule has 0 spiro atoms. The maximum atomic E-state index is 13.8. The van der Waals surface area contributed by atoms with Gasteiger partial charge in [0.2, 0.25) is 12.3 Å². The van der Waals surface area contributed by atoms with Gasteiger partial charge in [-0.25, -0.2) is 14.4 Å². The van der Waals surface area contributed by atoms with E-state index in [-0.39, 0.29) is 66.9 Å². The number of nitrogens with one attached hydrogen (secondary N) is 3. The minimum atomic E-state index is -1.36. The smallest absolute Gasteiger partial charge is 0.363 e. The molecule has 3 aromatic carbocycles. The van der Waals surface area contributed by atoms with Crippen molar-refractivity contribution < 1.29 is 61.8 Å². The number of aromatic nitrogens is 1. The number of hydroxylamine groups is 2. The number of nitrogens with zero attached hydrogens (tertiary/aromatic N) is 2. The minimum Gasteiger partial charge on any atom is -0.481 e. The number of carbonyl (C=O) groups is 8. The van der Waals surface area contributed by atoms with E-state index in [1.54, 1.807) is 68.4 Å². The summed E-state index contributed by atoms with van der Waals surface area (Å²) in [6, 6.07) is 24.3. The molecule has 18 nitrogen and oxygen atoms in total. The van der Waals surface area contributed by atoms with Gasteiger partial charge in [-0.2, -0.15) is 5.06 Å². The second-order valence-electron chi connectivity index (χ2n) is 16.2. The van der Waals surface area contributed by atoms with Crippen LogP contribution in [0.1, 0.15) is 107 Å². The highest BCUT2D eigenvalue weighted by molar-refractivity contribution is 6.01. The molecular formula is C52H57N5O13. The molecule has 0 aliphatic carbocycles. The van der Waals surface area contributed by atoms with Gasteiger partial charge < -0.3 is 39.4 Å². The molecule has 18 heteroatoms. The van der Waals surface area contributed by atoms with Crippen LogP contribution < -0.4 is 20.7 Å². The molecule has 0 fully saturated rings. The summed E-state index contributed by atoms with van der Waals surface area (Å²) in [5.41, 5.74) is 2.41. The number of hydrogen-bond acceptors (Lipinski definition) is 14. The molecule has 368 valence electrons. The molecule has 5 rings (SSSR count). The highest BCUT2D eigenvalue weighted by Crippen LogP contribution is 2.30. The van der Waals surface area contributed by atoms with Gasteiger partial charge in [0.05, 0.1) is 29.8 Å². The van der Waals surface area contributed by atoms with Gasteiger partial charge >= 0.3 is 17.9 Å². The van der Waals surface area contributed by atoms with Gasteiger partial charge in [-0.1, -0.05) is 99.8 Å². The fraction of sp³-hybridized carbons (Fsp3) is 0.327. The van der Waals surface area contributed by atoms with Gasteiger partial charge in [-0.05, 0) is 73.7 Å². The van der Waals surface area contributed by atoms with Crippen molar-refractivity contribution in [3.05, 3.63) is 143 Å². The Morgan fingerprint density at radius 2 is 1.50 bits per heavy atom. The Morgan fingerprint density at radius 3 is 2.14 bits per heavy atom. The number of rotatable bonds is 27. The Labute approximate surface area is 405 Å². The molecule has 4 amide bonds. The van der Waals surface area contributed by atoms with Crippen molar-refractivity contribution in [3.63, 3.8) is 0 Å². The molecule has 2 heterocycles. The first-order chi connectivity index (χ1) is 33.8. The van der Waals surface area contributed by atoms with Crippen molar-refractivity contribution in [2.24, 2.45) is 5.92 Å². The zero-order chi connectivity index (χ0) is 50.4. The van der Waals surface area contributed by atoms with E-state index in [1.165, 1.54) is 55.7 Å². The van der Waals surface area contributed by atoms with Crippen LogP contribution >= 0.6 is 0 Å². The summed E-state index contributed by atoms with van der Waals surface area (Å²) >= 11 is 0. The summed E-state index contributed by atoms with van der Waals surface area (Å²) in [5.74, 6) is -5.65. The molecule has 0 unspecified atom stereocenters. The fourth-order valence-corrected chi connectivity index (χ4v) is 7.26. The summed E-state index contributed by atoms with van der Waals surface area (Å²) < 4.78 is 22.5. The number of Topliss-reactive ketones (excluding diaryl/α,β-unsaturated/α-hetero) is 1. The van der Waals surface area contributed by atoms with Crippen molar-refractivity contribution in [1.82, 2.24) is 26.0 Å². The van der Waals surface area contributed by atoms with Crippen molar-refractivity contribution in [1.29, 1.82) is 0 Å². The van der Waals surface area contributed by atoms with E-state index in [2.05, 4.69) is 20.9 Å². The summed E-state index contributed by atoms with van der Waals surface area (Å²) in [4.78, 5) is 114. The molecule has 0 aliphatic heterocycles. The molecular weight excluding hydrogens is 903 g/mol. The topological polar surface area (TPSA) is 239 Å². The normalized spacial score (nSPS) is 12.0. The van der Waals surface area contributed by atoms with Crippen molar-refractivity contribution in [2.75, 3.05) is 13.3 Å². The number of furan rings is 1. The van der Waals surface area contributed by atoms with Gasteiger partial charge in [-0.3, -0.25) is 29.0 Å². The average Bonchev–Trinajstić information content (AvgIpc) is 3.87. The number of benzene rings is 3.